The normalized spacial score (nSPS) is 10.8. The van der Waals surface area contributed by atoms with E-state index in [1.165, 1.54) is 0 Å². The molecule has 0 spiro atoms. The minimum Gasteiger partial charge on any atom is -0.508 e. The van der Waals surface area contributed by atoms with E-state index in [-0.39, 0.29) is 11.7 Å². The molecular weight excluding hydrogens is 264 g/mol. The number of anilines is 1. The van der Waals surface area contributed by atoms with Crippen LogP contribution in [-0.2, 0) is 7.05 Å². The van der Waals surface area contributed by atoms with E-state index >= 15 is 0 Å². The summed E-state index contributed by atoms with van der Waals surface area (Å²) in [6.07, 6.45) is 1.97. The highest BCUT2D eigenvalue weighted by atomic mass is 16.3. The second-order valence-corrected chi connectivity index (χ2v) is 5.15. The lowest BCUT2D eigenvalue weighted by Crippen LogP contribution is -2.12. The van der Waals surface area contributed by atoms with Gasteiger partial charge in [0, 0.05) is 35.4 Å². The molecule has 2 aromatic carbocycles. The summed E-state index contributed by atoms with van der Waals surface area (Å²) in [5.41, 5.74) is 3.23. The number of nitrogens with zero attached hydrogens (tertiary/aromatic N) is 1. The predicted molar refractivity (Wildman–Crippen MR) is 83.7 cm³/mol. The van der Waals surface area contributed by atoms with Gasteiger partial charge in [-0.2, -0.15) is 0 Å². The first-order chi connectivity index (χ1) is 10.0. The monoisotopic (exact) mass is 280 g/mol. The van der Waals surface area contributed by atoms with Crippen molar-refractivity contribution in [1.29, 1.82) is 0 Å². The number of benzene rings is 2. The Kier molecular flexibility index (Phi) is 3.14. The SMILES string of the molecule is Cc1cc(O)ccc1NC(=O)c1ccc2c(ccn2C)c1. The van der Waals surface area contributed by atoms with Crippen molar-refractivity contribution < 1.29 is 9.90 Å². The maximum absolute atomic E-state index is 12.3. The third-order valence-electron chi connectivity index (χ3n) is 3.61. The first kappa shape index (κ1) is 13.2. The fourth-order valence-electron chi connectivity index (χ4n) is 2.41. The van der Waals surface area contributed by atoms with Crippen LogP contribution in [0.1, 0.15) is 15.9 Å². The van der Waals surface area contributed by atoms with Crippen molar-refractivity contribution in [3.8, 4) is 5.75 Å². The van der Waals surface area contributed by atoms with Crippen LogP contribution in [0.3, 0.4) is 0 Å². The molecule has 0 fully saturated rings. The average molecular weight is 280 g/mol. The Morgan fingerprint density at radius 3 is 2.71 bits per heavy atom. The van der Waals surface area contributed by atoms with Crippen molar-refractivity contribution in [2.45, 2.75) is 6.92 Å². The van der Waals surface area contributed by atoms with Gasteiger partial charge in [-0.25, -0.2) is 0 Å². The fourth-order valence-corrected chi connectivity index (χ4v) is 2.41. The number of hydrogen-bond donors (Lipinski definition) is 2. The minimum atomic E-state index is -0.158. The molecule has 0 radical (unpaired) electrons. The number of amides is 1. The van der Waals surface area contributed by atoms with Crippen LogP contribution in [0.25, 0.3) is 10.9 Å². The van der Waals surface area contributed by atoms with Gasteiger partial charge >= 0.3 is 0 Å². The molecule has 2 N–H and O–H groups in total. The highest BCUT2D eigenvalue weighted by Gasteiger charge is 2.09. The fraction of sp³-hybridized carbons (Fsp3) is 0.118. The van der Waals surface area contributed by atoms with E-state index in [1.807, 2.05) is 49.0 Å². The molecule has 0 aliphatic carbocycles. The molecule has 1 heterocycles. The van der Waals surface area contributed by atoms with Crippen LogP contribution in [0.4, 0.5) is 5.69 Å². The zero-order chi connectivity index (χ0) is 15.0. The Morgan fingerprint density at radius 2 is 1.95 bits per heavy atom. The second kappa shape index (κ2) is 4.98. The molecule has 0 saturated carbocycles. The van der Waals surface area contributed by atoms with Crippen LogP contribution in [0, 0.1) is 6.92 Å². The summed E-state index contributed by atoms with van der Waals surface area (Å²) in [7, 11) is 1.97. The van der Waals surface area contributed by atoms with E-state index in [0.29, 0.717) is 11.3 Å². The molecule has 4 nitrogen and oxygen atoms in total. The van der Waals surface area contributed by atoms with Gasteiger partial charge in [0.2, 0.25) is 0 Å². The predicted octanol–water partition coefficient (Wildman–Crippen LogP) is 3.44. The number of aromatic hydroxyl groups is 1. The van der Waals surface area contributed by atoms with E-state index in [9.17, 15) is 9.90 Å². The number of carbonyl (C=O) groups excluding carboxylic acids is 1. The number of aromatic nitrogens is 1. The van der Waals surface area contributed by atoms with Gasteiger partial charge in [-0.1, -0.05) is 0 Å². The van der Waals surface area contributed by atoms with Crippen LogP contribution in [0.15, 0.2) is 48.7 Å². The topological polar surface area (TPSA) is 54.3 Å². The third-order valence-corrected chi connectivity index (χ3v) is 3.61. The first-order valence-corrected chi connectivity index (χ1v) is 6.70. The standard InChI is InChI=1S/C17H16N2O2/c1-11-9-14(20)4-5-15(11)18-17(21)13-3-6-16-12(10-13)7-8-19(16)2/h3-10,20H,1-2H3,(H,18,21). The molecule has 3 rings (SSSR count). The second-order valence-electron chi connectivity index (χ2n) is 5.15. The smallest absolute Gasteiger partial charge is 0.255 e. The molecule has 106 valence electrons. The Labute approximate surface area is 122 Å². The number of fused-ring (bicyclic) bond motifs is 1. The lowest BCUT2D eigenvalue weighted by atomic mass is 10.1. The summed E-state index contributed by atoms with van der Waals surface area (Å²) in [5.74, 6) is 0.0331. The highest BCUT2D eigenvalue weighted by molar-refractivity contribution is 6.06. The van der Waals surface area contributed by atoms with Crippen LogP contribution in [0.5, 0.6) is 5.75 Å². The molecule has 4 heteroatoms. The number of phenols is 1. The number of aryl methyl sites for hydroxylation is 2. The van der Waals surface area contributed by atoms with Gasteiger partial charge in [-0.15, -0.1) is 0 Å². The maximum atomic E-state index is 12.3. The molecule has 0 aliphatic rings. The van der Waals surface area contributed by atoms with E-state index in [1.54, 1.807) is 18.2 Å². The molecule has 1 aromatic heterocycles. The van der Waals surface area contributed by atoms with E-state index < -0.39 is 0 Å². The van der Waals surface area contributed by atoms with Gasteiger partial charge in [0.15, 0.2) is 0 Å². The van der Waals surface area contributed by atoms with Crippen molar-refractivity contribution in [1.82, 2.24) is 4.57 Å². The van der Waals surface area contributed by atoms with E-state index in [2.05, 4.69) is 5.32 Å². The maximum Gasteiger partial charge on any atom is 0.255 e. The van der Waals surface area contributed by atoms with Gasteiger partial charge in [0.1, 0.15) is 5.75 Å². The third kappa shape index (κ3) is 2.48. The summed E-state index contributed by atoms with van der Waals surface area (Å²) in [4.78, 5) is 12.3. The first-order valence-electron chi connectivity index (χ1n) is 6.70. The van der Waals surface area contributed by atoms with Crippen molar-refractivity contribution in [3.05, 3.63) is 59.8 Å². The quantitative estimate of drug-likeness (QED) is 0.706. The number of hydrogen-bond acceptors (Lipinski definition) is 2. The molecule has 0 saturated heterocycles. The Morgan fingerprint density at radius 1 is 1.14 bits per heavy atom. The van der Waals surface area contributed by atoms with Gasteiger partial charge in [0.25, 0.3) is 5.91 Å². The lowest BCUT2D eigenvalue weighted by molar-refractivity contribution is 0.102. The summed E-state index contributed by atoms with van der Waals surface area (Å²) < 4.78 is 2.02. The zero-order valence-electron chi connectivity index (χ0n) is 11.9. The van der Waals surface area contributed by atoms with Crippen molar-refractivity contribution >= 4 is 22.5 Å². The Balaban J connectivity index is 1.89. The van der Waals surface area contributed by atoms with Crippen molar-refractivity contribution in [2.75, 3.05) is 5.32 Å². The van der Waals surface area contributed by atoms with Crippen LogP contribution in [0.2, 0.25) is 0 Å². The Hall–Kier alpha value is -2.75. The Bertz CT molecular complexity index is 834. The molecule has 21 heavy (non-hydrogen) atoms. The van der Waals surface area contributed by atoms with Crippen LogP contribution in [-0.4, -0.2) is 15.6 Å². The molecule has 1 amide bonds. The molecule has 0 unspecified atom stereocenters. The minimum absolute atomic E-state index is 0.158. The largest absolute Gasteiger partial charge is 0.508 e. The highest BCUT2D eigenvalue weighted by Crippen LogP contribution is 2.22. The number of carbonyl (C=O) groups is 1. The summed E-state index contributed by atoms with van der Waals surface area (Å²) >= 11 is 0. The molecular formula is C17H16N2O2. The number of phenolic OH excluding ortho intramolecular Hbond substituents is 1. The molecule has 3 aromatic rings. The summed E-state index contributed by atoms with van der Waals surface area (Å²) in [6.45, 7) is 1.84. The van der Waals surface area contributed by atoms with Crippen LogP contribution < -0.4 is 5.32 Å². The lowest BCUT2D eigenvalue weighted by Gasteiger charge is -2.09. The van der Waals surface area contributed by atoms with Crippen molar-refractivity contribution in [2.24, 2.45) is 7.05 Å². The van der Waals surface area contributed by atoms with Gasteiger partial charge in [0.05, 0.1) is 0 Å². The zero-order valence-corrected chi connectivity index (χ0v) is 11.9. The van der Waals surface area contributed by atoms with Crippen molar-refractivity contribution in [3.63, 3.8) is 0 Å². The van der Waals surface area contributed by atoms with E-state index in [4.69, 9.17) is 0 Å². The molecule has 0 atom stereocenters. The van der Waals surface area contributed by atoms with E-state index in [0.717, 1.165) is 16.5 Å². The van der Waals surface area contributed by atoms with Crippen LogP contribution >= 0.6 is 0 Å². The average Bonchev–Trinajstić information content (AvgIpc) is 2.83. The summed E-state index contributed by atoms with van der Waals surface area (Å²) in [6, 6.07) is 12.5. The molecule has 0 bridgehead atoms. The van der Waals surface area contributed by atoms with Gasteiger partial charge in [-0.3, -0.25) is 4.79 Å². The van der Waals surface area contributed by atoms with Gasteiger partial charge in [-0.05, 0) is 55.0 Å². The number of rotatable bonds is 2. The summed E-state index contributed by atoms with van der Waals surface area (Å²) in [5, 5.41) is 13.3. The van der Waals surface area contributed by atoms with Gasteiger partial charge < -0.3 is 15.0 Å². The molecule has 0 aliphatic heterocycles. The number of nitrogens with one attached hydrogen (secondary N) is 1.